The number of rotatable bonds is 6. The number of carbonyl (C=O) groups is 1. The number of hydrogen-bond acceptors (Lipinski definition) is 4. The highest BCUT2D eigenvalue weighted by atomic mass is 19.4. The van der Waals surface area contributed by atoms with E-state index in [4.69, 9.17) is 0 Å². The minimum absolute atomic E-state index is 0.0796. The zero-order valence-electron chi connectivity index (χ0n) is 18.4. The van der Waals surface area contributed by atoms with Gasteiger partial charge in [-0.1, -0.05) is 13.5 Å². The first-order valence-electron chi connectivity index (χ1n) is 10.1. The van der Waals surface area contributed by atoms with Crippen LogP contribution < -0.4 is 10.9 Å². The molecule has 10 heteroatoms. The summed E-state index contributed by atoms with van der Waals surface area (Å²) in [5, 5.41) is 2.46. The van der Waals surface area contributed by atoms with Crippen LogP contribution in [0.1, 0.15) is 43.6 Å². The first kappa shape index (κ1) is 25.1. The Bertz CT molecular complexity index is 873. The maximum Gasteiger partial charge on any atom is 0.417 e. The van der Waals surface area contributed by atoms with Crippen molar-refractivity contribution in [3.05, 3.63) is 46.1 Å². The maximum absolute atomic E-state index is 14.7. The Morgan fingerprint density at radius 1 is 1.32 bits per heavy atom. The smallest absolute Gasteiger partial charge is 0.352 e. The van der Waals surface area contributed by atoms with Crippen LogP contribution >= 0.6 is 0 Å². The SMILES string of the molecule is C=C(F)[C@](C)(C(C)CNC(=O)c1c[nH]c(=O)cc1C(F)(F)F)N1C[C@@H](C)N(C)[C@@H](C)C1. The van der Waals surface area contributed by atoms with E-state index in [-0.39, 0.29) is 18.6 Å². The van der Waals surface area contributed by atoms with E-state index in [0.29, 0.717) is 19.2 Å². The molecular weight excluding hydrogens is 416 g/mol. The van der Waals surface area contributed by atoms with Gasteiger partial charge in [0.25, 0.3) is 5.91 Å². The number of piperazine rings is 1. The highest BCUT2D eigenvalue weighted by Crippen LogP contribution is 2.35. The zero-order chi connectivity index (χ0) is 23.7. The third-order valence-electron chi connectivity index (χ3n) is 6.57. The van der Waals surface area contributed by atoms with Gasteiger partial charge in [0.1, 0.15) is 5.83 Å². The highest BCUT2D eigenvalue weighted by Gasteiger charge is 2.44. The van der Waals surface area contributed by atoms with E-state index in [1.54, 1.807) is 13.8 Å². The van der Waals surface area contributed by atoms with E-state index < -0.39 is 46.1 Å². The summed E-state index contributed by atoms with van der Waals surface area (Å²) in [6.45, 7) is 12.1. The number of hydrogen-bond donors (Lipinski definition) is 2. The van der Waals surface area contributed by atoms with Gasteiger partial charge in [-0.3, -0.25) is 19.4 Å². The van der Waals surface area contributed by atoms with Crippen molar-refractivity contribution >= 4 is 5.91 Å². The molecule has 2 heterocycles. The molecule has 0 aliphatic carbocycles. The number of likely N-dealkylation sites (N-methyl/N-ethyl adjacent to an activating group) is 1. The Morgan fingerprint density at radius 2 is 1.87 bits per heavy atom. The lowest BCUT2D eigenvalue weighted by Gasteiger charge is -2.51. The summed E-state index contributed by atoms with van der Waals surface area (Å²) in [6.07, 6.45) is -4.12. The number of halogens is 4. The summed E-state index contributed by atoms with van der Waals surface area (Å²) in [5.74, 6) is -2.06. The Hall–Kier alpha value is -2.20. The zero-order valence-corrected chi connectivity index (χ0v) is 18.4. The average molecular weight is 446 g/mol. The van der Waals surface area contributed by atoms with Gasteiger partial charge in [-0.25, -0.2) is 4.39 Å². The van der Waals surface area contributed by atoms with Crippen LogP contribution in [0.5, 0.6) is 0 Å². The molecule has 0 aromatic carbocycles. The van der Waals surface area contributed by atoms with Gasteiger partial charge in [0.2, 0.25) is 5.56 Å². The van der Waals surface area contributed by atoms with Crippen molar-refractivity contribution in [2.75, 3.05) is 26.7 Å². The standard InChI is InChI=1S/C21H30F4N4O2/c1-12(20(5,15(4)22)29-10-13(2)28(6)14(3)11-29)8-27-19(31)16-9-26-18(30)7-17(16)21(23,24)25/h7,9,12-14H,4,8,10-11H2,1-3,5-6H3,(H,26,30)(H,27,31)/t12?,13-,14+,20-/m0/s1. The van der Waals surface area contributed by atoms with Crippen molar-refractivity contribution in [3.63, 3.8) is 0 Å². The lowest BCUT2D eigenvalue weighted by molar-refractivity contribution is -0.138. The summed E-state index contributed by atoms with van der Waals surface area (Å²) in [4.78, 5) is 30.0. The van der Waals surface area contributed by atoms with Gasteiger partial charge in [-0.15, -0.1) is 0 Å². The molecule has 1 saturated heterocycles. The predicted molar refractivity (Wildman–Crippen MR) is 110 cm³/mol. The number of alkyl halides is 3. The number of aromatic nitrogens is 1. The fraction of sp³-hybridized carbons (Fsp3) is 0.619. The van der Waals surface area contributed by atoms with E-state index in [1.807, 2.05) is 25.8 Å². The van der Waals surface area contributed by atoms with Gasteiger partial charge in [0.15, 0.2) is 0 Å². The van der Waals surface area contributed by atoms with E-state index in [2.05, 4.69) is 21.8 Å². The van der Waals surface area contributed by atoms with Crippen molar-refractivity contribution in [2.24, 2.45) is 5.92 Å². The summed E-state index contributed by atoms with van der Waals surface area (Å²) in [6, 6.07) is 0.679. The molecule has 1 aromatic heterocycles. The molecular formula is C21H30F4N4O2. The average Bonchev–Trinajstić information content (AvgIpc) is 2.67. The molecule has 1 aromatic rings. The van der Waals surface area contributed by atoms with Crippen molar-refractivity contribution in [3.8, 4) is 0 Å². The lowest BCUT2D eigenvalue weighted by Crippen LogP contribution is -2.64. The summed E-state index contributed by atoms with van der Waals surface area (Å²) >= 11 is 0. The normalized spacial score (nSPS) is 23.8. The maximum atomic E-state index is 14.7. The van der Waals surface area contributed by atoms with Crippen molar-refractivity contribution in [2.45, 2.75) is 51.5 Å². The molecule has 31 heavy (non-hydrogen) atoms. The van der Waals surface area contributed by atoms with Crippen LogP contribution in [0.2, 0.25) is 0 Å². The van der Waals surface area contributed by atoms with Gasteiger partial charge in [-0.2, -0.15) is 13.2 Å². The predicted octanol–water partition coefficient (Wildman–Crippen LogP) is 3.03. The molecule has 0 saturated carbocycles. The number of amides is 1. The molecule has 4 atom stereocenters. The van der Waals surface area contributed by atoms with E-state index >= 15 is 0 Å². The fourth-order valence-electron chi connectivity index (χ4n) is 3.97. The van der Waals surface area contributed by atoms with Gasteiger partial charge in [0.05, 0.1) is 16.7 Å². The Morgan fingerprint density at radius 3 is 2.35 bits per heavy atom. The molecule has 1 amide bonds. The van der Waals surface area contributed by atoms with E-state index in [1.165, 1.54) is 0 Å². The van der Waals surface area contributed by atoms with Gasteiger partial charge in [0, 0.05) is 44.0 Å². The fourth-order valence-corrected chi connectivity index (χ4v) is 3.97. The molecule has 0 spiro atoms. The van der Waals surface area contributed by atoms with E-state index in [0.717, 1.165) is 6.20 Å². The number of nitrogens with one attached hydrogen (secondary N) is 2. The first-order chi connectivity index (χ1) is 14.2. The number of H-pyrrole nitrogens is 1. The van der Waals surface area contributed by atoms with Crippen LogP contribution in [0.4, 0.5) is 17.6 Å². The van der Waals surface area contributed by atoms with Crippen LogP contribution in [0, 0.1) is 5.92 Å². The Labute approximate surface area is 179 Å². The Balaban J connectivity index is 2.21. The molecule has 6 nitrogen and oxygen atoms in total. The van der Waals surface area contributed by atoms with E-state index in [9.17, 15) is 27.2 Å². The number of pyridine rings is 1. The first-order valence-corrected chi connectivity index (χ1v) is 10.1. The number of nitrogens with zero attached hydrogens (tertiary/aromatic N) is 2. The third-order valence-corrected chi connectivity index (χ3v) is 6.57. The number of carbonyl (C=O) groups excluding carboxylic acids is 1. The highest BCUT2D eigenvalue weighted by molar-refractivity contribution is 5.95. The van der Waals surface area contributed by atoms with Gasteiger partial charge >= 0.3 is 6.18 Å². The van der Waals surface area contributed by atoms with Gasteiger partial charge in [-0.05, 0) is 33.7 Å². The number of aromatic amines is 1. The molecule has 1 unspecified atom stereocenters. The molecule has 2 N–H and O–H groups in total. The van der Waals surface area contributed by atoms with Crippen LogP contribution in [0.15, 0.2) is 29.5 Å². The monoisotopic (exact) mass is 446 g/mol. The lowest BCUT2D eigenvalue weighted by atomic mass is 9.82. The molecule has 2 rings (SSSR count). The quantitative estimate of drug-likeness (QED) is 0.660. The molecule has 1 fully saturated rings. The van der Waals surface area contributed by atoms with Crippen LogP contribution in [0.3, 0.4) is 0 Å². The second-order valence-corrected chi connectivity index (χ2v) is 8.55. The van der Waals surface area contributed by atoms with Crippen LogP contribution in [0.25, 0.3) is 0 Å². The summed E-state index contributed by atoms with van der Waals surface area (Å²) in [7, 11) is 2.00. The summed E-state index contributed by atoms with van der Waals surface area (Å²) in [5.41, 5.74) is -4.09. The van der Waals surface area contributed by atoms with Crippen molar-refractivity contribution in [1.82, 2.24) is 20.1 Å². The summed E-state index contributed by atoms with van der Waals surface area (Å²) < 4.78 is 54.4. The van der Waals surface area contributed by atoms with Crippen molar-refractivity contribution in [1.29, 1.82) is 0 Å². The second-order valence-electron chi connectivity index (χ2n) is 8.55. The third kappa shape index (κ3) is 5.17. The Kier molecular flexibility index (Phi) is 7.37. The molecule has 1 aliphatic heterocycles. The molecule has 0 bridgehead atoms. The largest absolute Gasteiger partial charge is 0.417 e. The van der Waals surface area contributed by atoms with Crippen molar-refractivity contribution < 1.29 is 22.4 Å². The minimum Gasteiger partial charge on any atom is -0.352 e. The van der Waals surface area contributed by atoms with Crippen LogP contribution in [-0.4, -0.2) is 65.0 Å². The second kappa shape index (κ2) is 9.12. The molecule has 1 aliphatic rings. The van der Waals surface area contributed by atoms with Gasteiger partial charge < -0.3 is 10.3 Å². The van der Waals surface area contributed by atoms with Crippen LogP contribution in [-0.2, 0) is 6.18 Å². The molecule has 0 radical (unpaired) electrons. The topological polar surface area (TPSA) is 68.4 Å². The molecule has 174 valence electrons. The minimum atomic E-state index is -4.86.